The zero-order chi connectivity index (χ0) is 28.1. The van der Waals surface area contributed by atoms with Gasteiger partial charge >= 0.3 is 17.9 Å². The van der Waals surface area contributed by atoms with Crippen LogP contribution in [-0.2, 0) is 40.0 Å². The van der Waals surface area contributed by atoms with Crippen LogP contribution in [-0.4, -0.2) is 91.0 Å². The number of amides is 4. The first-order valence-electron chi connectivity index (χ1n) is 10.9. The number of imidazole rings is 1. The lowest BCUT2D eigenvalue weighted by Gasteiger charge is -2.24. The van der Waals surface area contributed by atoms with Crippen molar-refractivity contribution in [3.8, 4) is 0 Å². The number of carboxylic acid groups (broad SMARTS) is 3. The largest absolute Gasteiger partial charge is 0.481 e. The summed E-state index contributed by atoms with van der Waals surface area (Å²) in [5, 5.41) is 34.0. The van der Waals surface area contributed by atoms with Gasteiger partial charge < -0.3 is 47.7 Å². The monoisotopic (exact) mass is 527 g/mol. The van der Waals surface area contributed by atoms with Crippen LogP contribution in [0.15, 0.2) is 12.5 Å². The Morgan fingerprint density at radius 1 is 0.838 bits per heavy atom. The highest BCUT2D eigenvalue weighted by molar-refractivity contribution is 5.95. The number of hydrogen-bond donors (Lipinski definition) is 9. The van der Waals surface area contributed by atoms with Crippen molar-refractivity contribution in [2.45, 2.75) is 62.7 Å². The number of nitrogens with zero attached hydrogens (tertiary/aromatic N) is 1. The third-order valence-electron chi connectivity index (χ3n) is 4.92. The fourth-order valence-corrected chi connectivity index (χ4v) is 2.99. The molecule has 0 radical (unpaired) electrons. The fraction of sp³-hybridized carbons (Fsp3) is 0.500. The number of carbonyl (C=O) groups excluding carboxylic acids is 4. The number of H-pyrrole nitrogens is 1. The highest BCUT2D eigenvalue weighted by Crippen LogP contribution is 2.05. The SMILES string of the molecule is NC(=O)CCC(N)C(=O)NC(CCC(=O)O)C(=O)NC(CC(=O)O)C(=O)NC(Cc1cnc[nH]1)C(=O)O. The second kappa shape index (κ2) is 14.8. The van der Waals surface area contributed by atoms with Crippen molar-refractivity contribution < 1.29 is 48.9 Å². The molecule has 1 rings (SSSR count). The van der Waals surface area contributed by atoms with E-state index in [-0.39, 0.29) is 19.3 Å². The van der Waals surface area contributed by atoms with Crippen LogP contribution in [0.2, 0.25) is 0 Å². The van der Waals surface area contributed by atoms with Crippen LogP contribution in [0, 0.1) is 0 Å². The Morgan fingerprint density at radius 3 is 1.95 bits per heavy atom. The summed E-state index contributed by atoms with van der Waals surface area (Å²) in [6.45, 7) is 0. The van der Waals surface area contributed by atoms with Gasteiger partial charge in [-0.05, 0) is 12.8 Å². The summed E-state index contributed by atoms with van der Waals surface area (Å²) in [4.78, 5) is 89.0. The molecular formula is C20H29N7O10. The van der Waals surface area contributed by atoms with E-state index in [1.807, 2.05) is 0 Å². The number of carboxylic acids is 3. The van der Waals surface area contributed by atoms with Gasteiger partial charge in [0, 0.05) is 31.2 Å². The molecule has 204 valence electrons. The lowest BCUT2D eigenvalue weighted by molar-refractivity contribution is -0.143. The summed E-state index contributed by atoms with van der Waals surface area (Å²) in [6.07, 6.45) is -0.00115. The molecule has 1 aromatic heterocycles. The lowest BCUT2D eigenvalue weighted by Crippen LogP contribution is -2.57. The van der Waals surface area contributed by atoms with Crippen LogP contribution in [0.4, 0.5) is 0 Å². The zero-order valence-electron chi connectivity index (χ0n) is 19.5. The molecule has 0 bridgehead atoms. The number of nitrogens with two attached hydrogens (primary N) is 2. The number of aromatic amines is 1. The molecule has 0 aromatic carbocycles. The van der Waals surface area contributed by atoms with Gasteiger partial charge in [-0.2, -0.15) is 0 Å². The molecule has 0 spiro atoms. The van der Waals surface area contributed by atoms with Crippen LogP contribution in [0.1, 0.15) is 37.8 Å². The van der Waals surface area contributed by atoms with Crippen LogP contribution in [0.5, 0.6) is 0 Å². The Kier molecular flexibility index (Phi) is 12.2. The van der Waals surface area contributed by atoms with Gasteiger partial charge in [0.15, 0.2) is 0 Å². The quantitative estimate of drug-likeness (QED) is 0.0950. The van der Waals surface area contributed by atoms with Crippen LogP contribution in [0.3, 0.4) is 0 Å². The molecule has 0 aliphatic rings. The molecule has 0 saturated carbocycles. The minimum Gasteiger partial charge on any atom is -0.481 e. The minimum absolute atomic E-state index is 0.161. The third kappa shape index (κ3) is 11.6. The fourth-order valence-electron chi connectivity index (χ4n) is 2.99. The average Bonchev–Trinajstić information content (AvgIpc) is 3.31. The number of carbonyl (C=O) groups is 7. The van der Waals surface area contributed by atoms with E-state index >= 15 is 0 Å². The molecule has 1 aromatic rings. The molecule has 11 N–H and O–H groups in total. The second-order valence-electron chi connectivity index (χ2n) is 7.94. The number of hydrogen-bond acceptors (Lipinski definition) is 9. The van der Waals surface area contributed by atoms with Gasteiger partial charge in [-0.25, -0.2) is 9.78 Å². The summed E-state index contributed by atoms with van der Waals surface area (Å²) in [7, 11) is 0. The molecule has 0 aliphatic carbocycles. The zero-order valence-corrected chi connectivity index (χ0v) is 19.5. The molecule has 4 amide bonds. The van der Waals surface area contributed by atoms with Crippen LogP contribution < -0.4 is 27.4 Å². The topological polar surface area (TPSA) is 297 Å². The molecule has 0 fully saturated rings. The Bertz CT molecular complexity index is 998. The summed E-state index contributed by atoms with van der Waals surface area (Å²) in [6, 6.07) is -6.11. The maximum Gasteiger partial charge on any atom is 0.326 e. The van der Waals surface area contributed by atoms with Crippen molar-refractivity contribution in [1.29, 1.82) is 0 Å². The molecule has 4 atom stereocenters. The first kappa shape index (κ1) is 30.5. The molecule has 17 heteroatoms. The van der Waals surface area contributed by atoms with E-state index in [1.165, 1.54) is 12.5 Å². The van der Waals surface area contributed by atoms with Gasteiger partial charge in [0.25, 0.3) is 0 Å². The Balaban J connectivity index is 3.00. The van der Waals surface area contributed by atoms with Crippen molar-refractivity contribution in [1.82, 2.24) is 25.9 Å². The van der Waals surface area contributed by atoms with E-state index < -0.39 is 85.0 Å². The summed E-state index contributed by atoms with van der Waals surface area (Å²) < 4.78 is 0. The Hall–Kier alpha value is -4.54. The first-order chi connectivity index (χ1) is 17.3. The van der Waals surface area contributed by atoms with Gasteiger partial charge in [-0.1, -0.05) is 0 Å². The van der Waals surface area contributed by atoms with Gasteiger partial charge in [0.2, 0.25) is 23.6 Å². The summed E-state index contributed by atoms with van der Waals surface area (Å²) in [5.41, 5.74) is 11.0. The Labute approximate surface area is 209 Å². The van der Waals surface area contributed by atoms with Crippen molar-refractivity contribution in [2.24, 2.45) is 11.5 Å². The van der Waals surface area contributed by atoms with Crippen molar-refractivity contribution in [2.75, 3.05) is 0 Å². The van der Waals surface area contributed by atoms with Gasteiger partial charge in [-0.3, -0.25) is 28.8 Å². The molecule has 0 saturated heterocycles. The lowest BCUT2D eigenvalue weighted by atomic mass is 10.1. The van der Waals surface area contributed by atoms with E-state index in [1.54, 1.807) is 0 Å². The van der Waals surface area contributed by atoms with E-state index in [9.17, 15) is 43.8 Å². The smallest absolute Gasteiger partial charge is 0.326 e. The average molecular weight is 527 g/mol. The molecule has 4 unspecified atom stereocenters. The van der Waals surface area contributed by atoms with E-state index in [0.717, 1.165) is 0 Å². The van der Waals surface area contributed by atoms with Crippen LogP contribution >= 0.6 is 0 Å². The maximum atomic E-state index is 12.8. The van der Waals surface area contributed by atoms with E-state index in [4.69, 9.17) is 16.6 Å². The first-order valence-corrected chi connectivity index (χ1v) is 10.9. The van der Waals surface area contributed by atoms with Gasteiger partial charge in [0.05, 0.1) is 18.8 Å². The van der Waals surface area contributed by atoms with Crippen LogP contribution in [0.25, 0.3) is 0 Å². The molecule has 0 aliphatic heterocycles. The minimum atomic E-state index is -1.78. The number of aromatic nitrogens is 2. The Morgan fingerprint density at radius 2 is 1.43 bits per heavy atom. The highest BCUT2D eigenvalue weighted by atomic mass is 16.4. The van der Waals surface area contributed by atoms with E-state index in [0.29, 0.717) is 5.69 Å². The number of rotatable bonds is 17. The normalized spacial score (nSPS) is 13.9. The molecule has 17 nitrogen and oxygen atoms in total. The maximum absolute atomic E-state index is 12.8. The number of primary amides is 1. The van der Waals surface area contributed by atoms with Gasteiger partial charge in [-0.15, -0.1) is 0 Å². The van der Waals surface area contributed by atoms with E-state index in [2.05, 4.69) is 25.9 Å². The van der Waals surface area contributed by atoms with Crippen molar-refractivity contribution in [3.63, 3.8) is 0 Å². The highest BCUT2D eigenvalue weighted by Gasteiger charge is 2.32. The summed E-state index contributed by atoms with van der Waals surface area (Å²) >= 11 is 0. The summed E-state index contributed by atoms with van der Waals surface area (Å²) in [5.74, 6) is -8.18. The predicted octanol–water partition coefficient (Wildman–Crippen LogP) is -3.58. The standard InChI is InChI=1S/C20H29N7O10/c21-10(1-3-14(22)28)17(33)25-11(2-4-15(29)30)18(34)26-12(6-16(31)32)19(35)27-13(20(36)37)5-9-7-23-8-24-9/h7-8,10-13H,1-6,21H2,(H2,22,28)(H,23,24)(H,25,33)(H,26,34)(H,27,35)(H,29,30)(H,31,32)(H,36,37). The van der Waals surface area contributed by atoms with Crippen molar-refractivity contribution in [3.05, 3.63) is 18.2 Å². The third-order valence-corrected chi connectivity index (χ3v) is 4.92. The molecule has 1 heterocycles. The van der Waals surface area contributed by atoms with Gasteiger partial charge in [0.1, 0.15) is 18.1 Å². The predicted molar refractivity (Wildman–Crippen MR) is 121 cm³/mol. The molecular weight excluding hydrogens is 498 g/mol. The van der Waals surface area contributed by atoms with Crippen molar-refractivity contribution >= 4 is 41.5 Å². The second-order valence-corrected chi connectivity index (χ2v) is 7.94. The number of nitrogens with one attached hydrogen (secondary N) is 4. The number of aliphatic carboxylic acids is 3. The molecule has 37 heavy (non-hydrogen) atoms.